The lowest BCUT2D eigenvalue weighted by atomic mass is 10.1. The Morgan fingerprint density at radius 3 is 2.71 bits per heavy atom. The van der Waals surface area contributed by atoms with Crippen molar-refractivity contribution in [1.29, 1.82) is 0 Å². The lowest BCUT2D eigenvalue weighted by Gasteiger charge is -2.08. The second-order valence-electron chi connectivity index (χ2n) is 4.29. The van der Waals surface area contributed by atoms with Gasteiger partial charge >= 0.3 is 0 Å². The van der Waals surface area contributed by atoms with Gasteiger partial charge in [-0.3, -0.25) is 10.2 Å². The highest BCUT2D eigenvalue weighted by molar-refractivity contribution is 5.93. The van der Waals surface area contributed by atoms with Gasteiger partial charge in [0.25, 0.3) is 5.91 Å². The van der Waals surface area contributed by atoms with Crippen LogP contribution >= 0.6 is 0 Å². The Labute approximate surface area is 123 Å². The summed E-state index contributed by atoms with van der Waals surface area (Å²) in [5, 5.41) is 0. The van der Waals surface area contributed by atoms with Crippen molar-refractivity contribution in [2.75, 3.05) is 33.5 Å². The van der Waals surface area contributed by atoms with Crippen LogP contribution in [0.3, 0.4) is 0 Å². The van der Waals surface area contributed by atoms with Gasteiger partial charge in [-0.25, -0.2) is 10.2 Å². The normalized spacial score (nSPS) is 10.6. The molecule has 6 nitrogen and oxygen atoms in total. The fourth-order valence-corrected chi connectivity index (χ4v) is 1.62. The van der Waals surface area contributed by atoms with Gasteiger partial charge in [0.2, 0.25) is 0 Å². The average molecular weight is 300 g/mol. The highest BCUT2D eigenvalue weighted by atomic mass is 19.1. The largest absolute Gasteiger partial charge is 0.385 e. The van der Waals surface area contributed by atoms with Crippen LogP contribution in [0.15, 0.2) is 18.2 Å². The van der Waals surface area contributed by atoms with E-state index in [1.165, 1.54) is 18.2 Å². The molecule has 0 heterocycles. The van der Waals surface area contributed by atoms with Crippen LogP contribution in [0, 0.1) is 5.82 Å². The zero-order valence-electron chi connectivity index (χ0n) is 12.1. The minimum atomic E-state index is -0.474. The first-order valence-electron chi connectivity index (χ1n) is 6.62. The first-order valence-corrected chi connectivity index (χ1v) is 6.62. The quantitative estimate of drug-likeness (QED) is 0.291. The zero-order valence-corrected chi connectivity index (χ0v) is 12.1. The van der Waals surface area contributed by atoms with Crippen LogP contribution in [0.5, 0.6) is 0 Å². The summed E-state index contributed by atoms with van der Waals surface area (Å²) in [6.07, 6.45) is 0.821. The van der Waals surface area contributed by atoms with Gasteiger partial charge in [-0.05, 0) is 24.6 Å². The summed E-state index contributed by atoms with van der Waals surface area (Å²) in [5.41, 5.74) is 2.58. The number of carbonyl (C=O) groups excluding carboxylic acids is 1. The molecule has 3 N–H and O–H groups in total. The minimum absolute atomic E-state index is 0.0684. The third kappa shape index (κ3) is 6.63. The summed E-state index contributed by atoms with van der Waals surface area (Å²) in [5.74, 6) is 4.13. The molecule has 0 spiro atoms. The van der Waals surface area contributed by atoms with Crippen molar-refractivity contribution in [2.45, 2.75) is 13.0 Å². The SMILES string of the molecule is COCCCOCCOCc1cc(C(=O)NN)ccc1F. The fraction of sp³-hybridized carbons (Fsp3) is 0.500. The van der Waals surface area contributed by atoms with Crippen LogP contribution < -0.4 is 11.3 Å². The smallest absolute Gasteiger partial charge is 0.265 e. The summed E-state index contributed by atoms with van der Waals surface area (Å²) in [4.78, 5) is 11.3. The molecule has 1 amide bonds. The van der Waals surface area contributed by atoms with Crippen LogP contribution in [0.4, 0.5) is 4.39 Å². The predicted octanol–water partition coefficient (Wildman–Crippen LogP) is 0.999. The summed E-state index contributed by atoms with van der Waals surface area (Å²) < 4.78 is 29.1. The molecule has 1 aromatic rings. The second kappa shape index (κ2) is 10.2. The average Bonchev–Trinajstić information content (AvgIpc) is 2.50. The third-order valence-electron chi connectivity index (χ3n) is 2.71. The zero-order chi connectivity index (χ0) is 15.5. The molecule has 0 radical (unpaired) electrons. The molecule has 0 fully saturated rings. The summed E-state index contributed by atoms with van der Waals surface area (Å²) in [7, 11) is 1.64. The van der Waals surface area contributed by atoms with Gasteiger partial charge in [0.15, 0.2) is 0 Å². The van der Waals surface area contributed by atoms with E-state index in [0.717, 1.165) is 6.42 Å². The van der Waals surface area contributed by atoms with Crippen molar-refractivity contribution in [1.82, 2.24) is 5.43 Å². The first kappa shape index (κ1) is 17.5. The Bertz CT molecular complexity index is 443. The second-order valence-corrected chi connectivity index (χ2v) is 4.29. The highest BCUT2D eigenvalue weighted by Crippen LogP contribution is 2.12. The van der Waals surface area contributed by atoms with Gasteiger partial charge in [0, 0.05) is 31.5 Å². The van der Waals surface area contributed by atoms with Crippen LogP contribution in [0.2, 0.25) is 0 Å². The van der Waals surface area contributed by atoms with Crippen LogP contribution in [0.25, 0.3) is 0 Å². The summed E-state index contributed by atoms with van der Waals surface area (Å²) in [6, 6.07) is 3.99. The molecule has 0 aromatic heterocycles. The van der Waals surface area contributed by atoms with Crippen molar-refractivity contribution < 1.29 is 23.4 Å². The van der Waals surface area contributed by atoms with E-state index in [4.69, 9.17) is 20.1 Å². The van der Waals surface area contributed by atoms with Crippen LogP contribution in [0.1, 0.15) is 22.3 Å². The number of amides is 1. The summed E-state index contributed by atoms with van der Waals surface area (Å²) in [6.45, 7) is 2.09. The number of benzene rings is 1. The molecule has 0 saturated carbocycles. The van der Waals surface area contributed by atoms with Gasteiger partial charge in [-0.15, -0.1) is 0 Å². The number of hydrazine groups is 1. The molecule has 0 unspecified atom stereocenters. The molecule has 1 aromatic carbocycles. The minimum Gasteiger partial charge on any atom is -0.385 e. The Balaban J connectivity index is 2.29. The van der Waals surface area contributed by atoms with Gasteiger partial charge in [0.1, 0.15) is 5.82 Å². The number of nitrogens with one attached hydrogen (secondary N) is 1. The van der Waals surface area contributed by atoms with Crippen molar-refractivity contribution in [2.24, 2.45) is 5.84 Å². The van der Waals surface area contributed by atoms with Crippen molar-refractivity contribution in [3.8, 4) is 0 Å². The van der Waals surface area contributed by atoms with Gasteiger partial charge in [-0.1, -0.05) is 0 Å². The standard InChI is InChI=1S/C14H21FN2O4/c1-19-5-2-6-20-7-8-21-10-12-9-11(14(18)17-16)3-4-13(12)15/h3-4,9H,2,5-8,10,16H2,1H3,(H,17,18). The molecule has 0 aliphatic carbocycles. The van der Waals surface area contributed by atoms with Gasteiger partial charge in [0.05, 0.1) is 19.8 Å². The Kier molecular flexibility index (Phi) is 8.53. The highest BCUT2D eigenvalue weighted by Gasteiger charge is 2.08. The topological polar surface area (TPSA) is 82.8 Å². The van der Waals surface area contributed by atoms with E-state index >= 15 is 0 Å². The molecule has 21 heavy (non-hydrogen) atoms. The number of rotatable bonds is 10. The number of nitrogens with two attached hydrogens (primary N) is 1. The number of carbonyl (C=O) groups is 1. The van der Waals surface area contributed by atoms with Crippen molar-refractivity contribution in [3.63, 3.8) is 0 Å². The maximum atomic E-state index is 13.6. The van der Waals surface area contributed by atoms with Crippen molar-refractivity contribution >= 4 is 5.91 Å². The number of ether oxygens (including phenoxy) is 3. The fourth-order valence-electron chi connectivity index (χ4n) is 1.62. The van der Waals surface area contributed by atoms with E-state index < -0.39 is 11.7 Å². The lowest BCUT2D eigenvalue weighted by molar-refractivity contribution is 0.0329. The molecule has 1 rings (SSSR count). The molecule has 0 aliphatic rings. The number of methoxy groups -OCH3 is 1. The molecule has 118 valence electrons. The summed E-state index contributed by atoms with van der Waals surface area (Å²) >= 11 is 0. The number of nitrogen functional groups attached to an aromatic ring is 1. The van der Waals surface area contributed by atoms with Crippen LogP contribution in [-0.4, -0.2) is 39.4 Å². The maximum Gasteiger partial charge on any atom is 0.265 e. The molecule has 0 atom stereocenters. The van der Waals surface area contributed by atoms with E-state index in [1.807, 2.05) is 5.43 Å². The third-order valence-corrected chi connectivity index (χ3v) is 2.71. The van der Waals surface area contributed by atoms with E-state index in [1.54, 1.807) is 7.11 Å². The lowest BCUT2D eigenvalue weighted by Crippen LogP contribution is -2.30. The Hall–Kier alpha value is -1.54. The van der Waals surface area contributed by atoms with Gasteiger partial charge in [-0.2, -0.15) is 0 Å². The molecular weight excluding hydrogens is 279 g/mol. The maximum absolute atomic E-state index is 13.6. The molecule has 0 bridgehead atoms. The van der Waals surface area contributed by atoms with Crippen molar-refractivity contribution in [3.05, 3.63) is 35.1 Å². The van der Waals surface area contributed by atoms with Crippen LogP contribution in [-0.2, 0) is 20.8 Å². The number of hydrogen-bond donors (Lipinski definition) is 2. The molecular formula is C14H21FN2O4. The molecule has 0 saturated heterocycles. The monoisotopic (exact) mass is 300 g/mol. The Morgan fingerprint density at radius 1 is 1.24 bits per heavy atom. The van der Waals surface area contributed by atoms with Gasteiger partial charge < -0.3 is 14.2 Å². The number of hydrogen-bond acceptors (Lipinski definition) is 5. The van der Waals surface area contributed by atoms with E-state index in [0.29, 0.717) is 32.0 Å². The van der Waals surface area contributed by atoms with E-state index in [9.17, 15) is 9.18 Å². The molecule has 0 aliphatic heterocycles. The number of halogens is 1. The Morgan fingerprint density at radius 2 is 2.00 bits per heavy atom. The van der Waals surface area contributed by atoms with E-state index in [-0.39, 0.29) is 12.2 Å². The first-order chi connectivity index (χ1) is 10.2. The predicted molar refractivity (Wildman–Crippen MR) is 75.0 cm³/mol. The molecule has 7 heteroatoms. The van der Waals surface area contributed by atoms with E-state index in [2.05, 4.69) is 0 Å².